The Morgan fingerprint density at radius 2 is 1.68 bits per heavy atom. The van der Waals surface area contributed by atoms with E-state index in [1.807, 2.05) is 6.07 Å². The molecule has 0 saturated heterocycles. The molecule has 2 N–H and O–H groups in total. The molecule has 116 valence electrons. The first-order valence-electron chi connectivity index (χ1n) is 6.79. The van der Waals surface area contributed by atoms with Gasteiger partial charge in [0.15, 0.2) is 11.5 Å². The van der Waals surface area contributed by atoms with E-state index in [0.717, 1.165) is 5.69 Å². The van der Waals surface area contributed by atoms with Crippen molar-refractivity contribution in [2.45, 2.75) is 4.90 Å². The summed E-state index contributed by atoms with van der Waals surface area (Å²) in [6.07, 6.45) is 0. The van der Waals surface area contributed by atoms with Gasteiger partial charge in [-0.25, -0.2) is 8.42 Å². The lowest BCUT2D eigenvalue weighted by atomic mass is 10.3. The van der Waals surface area contributed by atoms with Gasteiger partial charge in [0.2, 0.25) is 0 Å². The first kappa shape index (κ1) is 14.5. The minimum absolute atomic E-state index is 0.131. The maximum Gasteiger partial charge on any atom is 0.262 e. The highest BCUT2D eigenvalue weighted by atomic mass is 32.2. The van der Waals surface area contributed by atoms with Crippen LogP contribution in [0.3, 0.4) is 0 Å². The van der Waals surface area contributed by atoms with Crippen molar-refractivity contribution in [3.05, 3.63) is 42.5 Å². The van der Waals surface area contributed by atoms with Crippen molar-refractivity contribution < 1.29 is 17.9 Å². The first-order valence-corrected chi connectivity index (χ1v) is 8.27. The zero-order valence-electron chi connectivity index (χ0n) is 12.0. The molecule has 1 aliphatic heterocycles. The van der Waals surface area contributed by atoms with Crippen LogP contribution in [0.1, 0.15) is 0 Å². The third kappa shape index (κ3) is 2.94. The van der Waals surface area contributed by atoms with E-state index < -0.39 is 10.0 Å². The fourth-order valence-corrected chi connectivity index (χ4v) is 3.21. The summed E-state index contributed by atoms with van der Waals surface area (Å²) in [5.74, 6) is 1.00. The summed E-state index contributed by atoms with van der Waals surface area (Å²) >= 11 is 0. The lowest BCUT2D eigenvalue weighted by molar-refractivity contribution is 0.171. The molecule has 0 unspecified atom stereocenters. The molecule has 0 aliphatic carbocycles. The predicted molar refractivity (Wildman–Crippen MR) is 84.2 cm³/mol. The normalized spacial score (nSPS) is 13.5. The summed E-state index contributed by atoms with van der Waals surface area (Å²) in [5, 5.41) is 2.96. The largest absolute Gasteiger partial charge is 0.486 e. The molecular formula is C15H16N2O4S. The Morgan fingerprint density at radius 1 is 0.955 bits per heavy atom. The zero-order chi connectivity index (χ0) is 15.6. The molecule has 6 nitrogen and oxygen atoms in total. The minimum atomic E-state index is -3.69. The summed E-state index contributed by atoms with van der Waals surface area (Å²) in [5.41, 5.74) is 1.31. The van der Waals surface area contributed by atoms with E-state index in [2.05, 4.69) is 10.0 Å². The van der Waals surface area contributed by atoms with E-state index in [-0.39, 0.29) is 4.90 Å². The van der Waals surface area contributed by atoms with E-state index in [0.29, 0.717) is 30.4 Å². The number of fused-ring (bicyclic) bond motifs is 1. The number of hydrogen-bond acceptors (Lipinski definition) is 5. The summed E-state index contributed by atoms with van der Waals surface area (Å²) in [6.45, 7) is 0.877. The SMILES string of the molecule is CNc1cccc(NS(=O)(=O)c2ccc3c(c2)OCCO3)c1. The third-order valence-electron chi connectivity index (χ3n) is 3.23. The molecule has 0 aromatic heterocycles. The number of rotatable bonds is 4. The highest BCUT2D eigenvalue weighted by molar-refractivity contribution is 7.92. The van der Waals surface area contributed by atoms with Crippen LogP contribution in [0.15, 0.2) is 47.4 Å². The molecule has 0 amide bonds. The minimum Gasteiger partial charge on any atom is -0.486 e. The fourth-order valence-electron chi connectivity index (χ4n) is 2.14. The Bertz CT molecular complexity index is 790. The van der Waals surface area contributed by atoms with Crippen molar-refractivity contribution in [2.75, 3.05) is 30.3 Å². The van der Waals surface area contributed by atoms with Crippen LogP contribution in [0.5, 0.6) is 11.5 Å². The van der Waals surface area contributed by atoms with Crippen LogP contribution >= 0.6 is 0 Å². The van der Waals surface area contributed by atoms with Crippen LogP contribution in [0.25, 0.3) is 0 Å². The summed E-state index contributed by atoms with van der Waals surface area (Å²) in [6, 6.07) is 11.6. The topological polar surface area (TPSA) is 76.7 Å². The summed E-state index contributed by atoms with van der Waals surface area (Å²) in [4.78, 5) is 0.131. The first-order chi connectivity index (χ1) is 10.6. The summed E-state index contributed by atoms with van der Waals surface area (Å²) < 4.78 is 38.3. The summed E-state index contributed by atoms with van der Waals surface area (Å²) in [7, 11) is -1.91. The lowest BCUT2D eigenvalue weighted by Crippen LogP contribution is -2.17. The van der Waals surface area contributed by atoms with Crippen molar-refractivity contribution in [1.29, 1.82) is 0 Å². The number of ether oxygens (including phenoxy) is 2. The van der Waals surface area contributed by atoms with E-state index in [1.54, 1.807) is 31.3 Å². The highest BCUT2D eigenvalue weighted by Crippen LogP contribution is 2.32. The van der Waals surface area contributed by atoms with Crippen LogP contribution in [0, 0.1) is 0 Å². The van der Waals surface area contributed by atoms with Crippen molar-refractivity contribution in [2.24, 2.45) is 0 Å². The molecule has 2 aromatic carbocycles. The molecule has 0 spiro atoms. The quantitative estimate of drug-likeness (QED) is 0.904. The molecule has 22 heavy (non-hydrogen) atoms. The Hall–Kier alpha value is -2.41. The number of sulfonamides is 1. The zero-order valence-corrected chi connectivity index (χ0v) is 12.8. The Kier molecular flexibility index (Phi) is 3.81. The van der Waals surface area contributed by atoms with Crippen LogP contribution in [0.2, 0.25) is 0 Å². The van der Waals surface area contributed by atoms with Crippen LogP contribution in [-0.2, 0) is 10.0 Å². The Labute approximate surface area is 129 Å². The van der Waals surface area contributed by atoms with Gasteiger partial charge in [0.25, 0.3) is 10.0 Å². The molecular weight excluding hydrogens is 304 g/mol. The molecule has 0 bridgehead atoms. The number of anilines is 2. The van der Waals surface area contributed by atoms with E-state index in [1.165, 1.54) is 12.1 Å². The van der Waals surface area contributed by atoms with Gasteiger partial charge >= 0.3 is 0 Å². The molecule has 0 fully saturated rings. The monoisotopic (exact) mass is 320 g/mol. The predicted octanol–water partition coefficient (Wildman–Crippen LogP) is 2.30. The van der Waals surface area contributed by atoms with Crippen LogP contribution in [-0.4, -0.2) is 28.7 Å². The standard InChI is InChI=1S/C15H16N2O4S/c1-16-11-3-2-4-12(9-11)17-22(18,19)13-5-6-14-15(10-13)21-8-7-20-14/h2-6,9-10,16-17H,7-8H2,1H3. The Balaban J connectivity index is 1.89. The number of nitrogens with one attached hydrogen (secondary N) is 2. The molecule has 2 aromatic rings. The molecule has 0 saturated carbocycles. The van der Waals surface area contributed by atoms with Gasteiger partial charge in [-0.3, -0.25) is 4.72 Å². The van der Waals surface area contributed by atoms with Crippen molar-refractivity contribution in [3.63, 3.8) is 0 Å². The van der Waals surface area contributed by atoms with E-state index >= 15 is 0 Å². The second-order valence-electron chi connectivity index (χ2n) is 4.74. The molecule has 1 heterocycles. The van der Waals surface area contributed by atoms with Gasteiger partial charge in [-0.1, -0.05) is 6.07 Å². The smallest absolute Gasteiger partial charge is 0.262 e. The van der Waals surface area contributed by atoms with Crippen molar-refractivity contribution in [1.82, 2.24) is 0 Å². The number of benzene rings is 2. The third-order valence-corrected chi connectivity index (χ3v) is 4.61. The van der Waals surface area contributed by atoms with Gasteiger partial charge < -0.3 is 14.8 Å². The average Bonchev–Trinajstić information content (AvgIpc) is 2.54. The average molecular weight is 320 g/mol. The lowest BCUT2D eigenvalue weighted by Gasteiger charge is -2.19. The molecule has 3 rings (SSSR count). The number of hydrogen-bond donors (Lipinski definition) is 2. The Morgan fingerprint density at radius 3 is 2.45 bits per heavy atom. The maximum absolute atomic E-state index is 12.5. The van der Waals surface area contributed by atoms with Gasteiger partial charge in [0, 0.05) is 18.8 Å². The van der Waals surface area contributed by atoms with Gasteiger partial charge in [0.1, 0.15) is 13.2 Å². The van der Waals surface area contributed by atoms with Gasteiger partial charge in [-0.05, 0) is 30.3 Å². The van der Waals surface area contributed by atoms with Gasteiger partial charge in [-0.15, -0.1) is 0 Å². The van der Waals surface area contributed by atoms with Gasteiger partial charge in [-0.2, -0.15) is 0 Å². The van der Waals surface area contributed by atoms with Gasteiger partial charge in [0.05, 0.1) is 10.6 Å². The van der Waals surface area contributed by atoms with E-state index in [9.17, 15) is 8.42 Å². The fraction of sp³-hybridized carbons (Fsp3) is 0.200. The van der Waals surface area contributed by atoms with Crippen LogP contribution < -0.4 is 19.5 Å². The van der Waals surface area contributed by atoms with Crippen LogP contribution in [0.4, 0.5) is 11.4 Å². The molecule has 1 aliphatic rings. The molecule has 7 heteroatoms. The van der Waals surface area contributed by atoms with E-state index in [4.69, 9.17) is 9.47 Å². The second-order valence-corrected chi connectivity index (χ2v) is 6.42. The second kappa shape index (κ2) is 5.76. The molecule has 0 radical (unpaired) electrons. The van der Waals surface area contributed by atoms with Crippen molar-refractivity contribution in [3.8, 4) is 11.5 Å². The maximum atomic E-state index is 12.5. The highest BCUT2D eigenvalue weighted by Gasteiger charge is 2.19. The van der Waals surface area contributed by atoms with Crippen molar-refractivity contribution >= 4 is 21.4 Å². The molecule has 0 atom stereocenters.